The maximum absolute atomic E-state index is 8.63. The van der Waals surface area contributed by atoms with Gasteiger partial charge in [0, 0.05) is 19.6 Å². The lowest BCUT2D eigenvalue weighted by atomic mass is 10.2. The highest BCUT2D eigenvalue weighted by atomic mass is 16.7. The van der Waals surface area contributed by atoms with Crippen LogP contribution in [0.2, 0.25) is 0 Å². The van der Waals surface area contributed by atoms with Gasteiger partial charge >= 0.3 is 0 Å². The second-order valence-electron chi connectivity index (χ2n) is 3.25. The highest BCUT2D eigenvalue weighted by Gasteiger charge is 2.35. The quantitative estimate of drug-likeness (QED) is 0.623. The molecule has 1 heterocycles. The zero-order chi connectivity index (χ0) is 9.03. The molecule has 1 saturated heterocycles. The molecule has 0 aromatic rings. The average Bonchev–Trinajstić information content (AvgIpc) is 2.45. The fourth-order valence-electron chi connectivity index (χ4n) is 1.34. The highest BCUT2D eigenvalue weighted by molar-refractivity contribution is 4.75. The molecule has 3 N–H and O–H groups in total. The summed E-state index contributed by atoms with van der Waals surface area (Å²) >= 11 is 0. The molecule has 0 aliphatic carbocycles. The van der Waals surface area contributed by atoms with Crippen LogP contribution < -0.4 is 5.73 Å². The van der Waals surface area contributed by atoms with Crippen molar-refractivity contribution in [3.8, 4) is 0 Å². The predicted octanol–water partition coefficient (Wildman–Crippen LogP) is -0.151. The molecule has 0 amide bonds. The SMILES string of the molecule is CC1(CCCO)OCC(CN)O1. The molecule has 0 saturated carbocycles. The van der Waals surface area contributed by atoms with Crippen molar-refractivity contribution in [2.75, 3.05) is 19.8 Å². The van der Waals surface area contributed by atoms with E-state index in [0.717, 1.165) is 6.42 Å². The largest absolute Gasteiger partial charge is 0.396 e. The first kappa shape index (κ1) is 9.92. The van der Waals surface area contributed by atoms with E-state index >= 15 is 0 Å². The van der Waals surface area contributed by atoms with Gasteiger partial charge in [0.1, 0.15) is 0 Å². The maximum atomic E-state index is 8.63. The van der Waals surface area contributed by atoms with Crippen molar-refractivity contribution in [1.29, 1.82) is 0 Å². The monoisotopic (exact) mass is 175 g/mol. The highest BCUT2D eigenvalue weighted by Crippen LogP contribution is 2.27. The van der Waals surface area contributed by atoms with Crippen LogP contribution in [0.3, 0.4) is 0 Å². The summed E-state index contributed by atoms with van der Waals surface area (Å²) in [5.74, 6) is -0.521. The Kier molecular flexibility index (Phi) is 3.46. The number of hydrogen-bond donors (Lipinski definition) is 2. The molecule has 0 radical (unpaired) electrons. The van der Waals surface area contributed by atoms with E-state index in [9.17, 15) is 0 Å². The summed E-state index contributed by atoms with van der Waals surface area (Å²) in [7, 11) is 0. The molecular weight excluding hydrogens is 158 g/mol. The van der Waals surface area contributed by atoms with Crippen LogP contribution in [-0.2, 0) is 9.47 Å². The van der Waals surface area contributed by atoms with Crippen LogP contribution in [0.1, 0.15) is 19.8 Å². The number of aliphatic hydroxyl groups excluding tert-OH is 1. The van der Waals surface area contributed by atoms with Gasteiger partial charge in [0.05, 0.1) is 12.7 Å². The van der Waals surface area contributed by atoms with Gasteiger partial charge in [-0.1, -0.05) is 0 Å². The molecule has 72 valence electrons. The minimum absolute atomic E-state index is 0.0219. The average molecular weight is 175 g/mol. The van der Waals surface area contributed by atoms with Crippen molar-refractivity contribution in [3.63, 3.8) is 0 Å². The van der Waals surface area contributed by atoms with Gasteiger partial charge in [-0.15, -0.1) is 0 Å². The van der Waals surface area contributed by atoms with Gasteiger partial charge in [-0.05, 0) is 13.3 Å². The zero-order valence-electron chi connectivity index (χ0n) is 7.45. The predicted molar refractivity (Wildman–Crippen MR) is 44.6 cm³/mol. The Labute approximate surface area is 72.6 Å². The van der Waals surface area contributed by atoms with E-state index in [1.54, 1.807) is 0 Å². The lowest BCUT2D eigenvalue weighted by molar-refractivity contribution is -0.159. The second kappa shape index (κ2) is 4.18. The second-order valence-corrected chi connectivity index (χ2v) is 3.25. The Morgan fingerprint density at radius 2 is 2.42 bits per heavy atom. The van der Waals surface area contributed by atoms with Crippen LogP contribution in [0.5, 0.6) is 0 Å². The summed E-state index contributed by atoms with van der Waals surface area (Å²) in [5.41, 5.74) is 5.43. The molecule has 4 nitrogen and oxygen atoms in total. The fraction of sp³-hybridized carbons (Fsp3) is 1.00. The zero-order valence-corrected chi connectivity index (χ0v) is 7.45. The maximum Gasteiger partial charge on any atom is 0.166 e. The van der Waals surface area contributed by atoms with Crippen LogP contribution in [0.4, 0.5) is 0 Å². The van der Waals surface area contributed by atoms with Crippen molar-refractivity contribution in [1.82, 2.24) is 0 Å². The molecule has 2 atom stereocenters. The Bertz CT molecular complexity index is 142. The van der Waals surface area contributed by atoms with E-state index in [-0.39, 0.29) is 12.7 Å². The summed E-state index contributed by atoms with van der Waals surface area (Å²) in [4.78, 5) is 0. The van der Waals surface area contributed by atoms with Crippen LogP contribution in [0.15, 0.2) is 0 Å². The van der Waals surface area contributed by atoms with Crippen molar-refractivity contribution in [2.45, 2.75) is 31.7 Å². The summed E-state index contributed by atoms with van der Waals surface area (Å²) in [6.45, 7) is 3.13. The van der Waals surface area contributed by atoms with Crippen molar-refractivity contribution in [2.24, 2.45) is 5.73 Å². The fourth-order valence-corrected chi connectivity index (χ4v) is 1.34. The van der Waals surface area contributed by atoms with Crippen LogP contribution in [0.25, 0.3) is 0 Å². The van der Waals surface area contributed by atoms with Crippen LogP contribution >= 0.6 is 0 Å². The number of aliphatic hydroxyl groups is 1. The van der Waals surface area contributed by atoms with Gasteiger partial charge in [-0.2, -0.15) is 0 Å². The number of rotatable bonds is 4. The van der Waals surface area contributed by atoms with Gasteiger partial charge in [-0.3, -0.25) is 0 Å². The summed E-state index contributed by atoms with van der Waals surface area (Å²) in [6, 6.07) is 0. The Morgan fingerprint density at radius 3 is 2.92 bits per heavy atom. The van der Waals surface area contributed by atoms with Crippen molar-refractivity contribution in [3.05, 3.63) is 0 Å². The summed E-state index contributed by atoms with van der Waals surface area (Å²) in [5, 5.41) is 8.63. The molecule has 1 fully saturated rings. The molecule has 1 aliphatic heterocycles. The third-order valence-electron chi connectivity index (χ3n) is 2.04. The summed E-state index contributed by atoms with van der Waals surface area (Å²) in [6.07, 6.45) is 1.45. The van der Waals surface area contributed by atoms with E-state index < -0.39 is 5.79 Å². The van der Waals surface area contributed by atoms with E-state index in [4.69, 9.17) is 20.3 Å². The molecule has 1 aliphatic rings. The van der Waals surface area contributed by atoms with Gasteiger partial charge in [-0.25, -0.2) is 0 Å². The van der Waals surface area contributed by atoms with Crippen LogP contribution in [0, 0.1) is 0 Å². The van der Waals surface area contributed by atoms with Crippen LogP contribution in [-0.4, -0.2) is 36.8 Å². The molecule has 0 aromatic carbocycles. The molecule has 2 unspecified atom stereocenters. The molecule has 1 rings (SSSR count). The normalized spacial score (nSPS) is 35.8. The van der Waals surface area contributed by atoms with Gasteiger partial charge in [0.15, 0.2) is 5.79 Å². The molecule has 0 spiro atoms. The lowest BCUT2D eigenvalue weighted by Crippen LogP contribution is -2.29. The minimum atomic E-state index is -0.521. The van der Waals surface area contributed by atoms with Crippen molar-refractivity contribution >= 4 is 0 Å². The van der Waals surface area contributed by atoms with Gasteiger partial charge in [0.25, 0.3) is 0 Å². The molecule has 4 heteroatoms. The molecule has 12 heavy (non-hydrogen) atoms. The third kappa shape index (κ3) is 2.42. The standard InChI is InChI=1S/C8H17NO3/c1-8(3-2-4-10)11-6-7(5-9)12-8/h7,10H,2-6,9H2,1H3. The first-order valence-electron chi connectivity index (χ1n) is 4.33. The number of ether oxygens (including phenoxy) is 2. The van der Waals surface area contributed by atoms with Gasteiger partial charge in [0.2, 0.25) is 0 Å². The van der Waals surface area contributed by atoms with Gasteiger partial charge < -0.3 is 20.3 Å². The Morgan fingerprint density at radius 1 is 1.67 bits per heavy atom. The topological polar surface area (TPSA) is 64.7 Å². The minimum Gasteiger partial charge on any atom is -0.396 e. The number of nitrogens with two attached hydrogens (primary N) is 1. The van der Waals surface area contributed by atoms with E-state index in [1.165, 1.54) is 0 Å². The third-order valence-corrected chi connectivity index (χ3v) is 2.04. The number of hydrogen-bond acceptors (Lipinski definition) is 4. The molecular formula is C8H17NO3. The van der Waals surface area contributed by atoms with E-state index in [0.29, 0.717) is 19.6 Å². The Balaban J connectivity index is 2.31. The molecule has 0 aromatic heterocycles. The van der Waals surface area contributed by atoms with Crippen molar-refractivity contribution < 1.29 is 14.6 Å². The Hall–Kier alpha value is -0.160. The first-order chi connectivity index (χ1) is 5.70. The lowest BCUT2D eigenvalue weighted by Gasteiger charge is -2.22. The smallest absolute Gasteiger partial charge is 0.166 e. The summed E-state index contributed by atoms with van der Waals surface area (Å²) < 4.78 is 11.0. The van der Waals surface area contributed by atoms with E-state index in [2.05, 4.69) is 0 Å². The molecule has 0 bridgehead atoms. The van der Waals surface area contributed by atoms with E-state index in [1.807, 2.05) is 6.92 Å². The first-order valence-corrected chi connectivity index (χ1v) is 4.33.